The predicted molar refractivity (Wildman–Crippen MR) is 108 cm³/mol. The molecular formula is C22H18FN5O2. The Morgan fingerprint density at radius 3 is 2.80 bits per heavy atom. The van der Waals surface area contributed by atoms with Gasteiger partial charge in [0.1, 0.15) is 11.5 Å². The Morgan fingerprint density at radius 1 is 1.17 bits per heavy atom. The van der Waals surface area contributed by atoms with Crippen molar-refractivity contribution in [3.63, 3.8) is 0 Å². The minimum absolute atomic E-state index is 0.165. The number of carbonyl (C=O) groups is 1. The molecule has 3 heterocycles. The molecule has 1 aliphatic rings. The van der Waals surface area contributed by atoms with Gasteiger partial charge in [0.05, 0.1) is 11.4 Å². The lowest BCUT2D eigenvalue weighted by Crippen LogP contribution is -2.25. The van der Waals surface area contributed by atoms with E-state index < -0.39 is 5.82 Å². The first-order valence-electron chi connectivity index (χ1n) is 9.60. The van der Waals surface area contributed by atoms with Gasteiger partial charge in [-0.25, -0.2) is 4.39 Å². The predicted octanol–water partition coefficient (Wildman–Crippen LogP) is 4.09. The molecule has 0 bridgehead atoms. The topological polar surface area (TPSA) is 87.9 Å². The van der Waals surface area contributed by atoms with Crippen molar-refractivity contribution in [3.8, 4) is 22.8 Å². The molecule has 8 heteroatoms. The SMILES string of the molecule is Cc1ccc(N2CC(c3noc(-c4cc(-c5ccccc5)n[nH]4)n3)CC2=O)c(F)c1. The smallest absolute Gasteiger partial charge is 0.275 e. The quantitative estimate of drug-likeness (QED) is 0.554. The van der Waals surface area contributed by atoms with Crippen LogP contribution in [-0.2, 0) is 4.79 Å². The summed E-state index contributed by atoms with van der Waals surface area (Å²) in [6.07, 6.45) is 0.199. The molecule has 5 rings (SSSR count). The number of nitrogens with zero attached hydrogens (tertiary/aromatic N) is 4. The van der Waals surface area contributed by atoms with Crippen LogP contribution in [0.5, 0.6) is 0 Å². The Bertz CT molecular complexity index is 1220. The Balaban J connectivity index is 1.36. The van der Waals surface area contributed by atoms with Gasteiger partial charge in [-0.1, -0.05) is 41.6 Å². The number of aryl methyl sites for hydroxylation is 1. The summed E-state index contributed by atoms with van der Waals surface area (Å²) in [6.45, 7) is 2.11. The first kappa shape index (κ1) is 18.2. The van der Waals surface area contributed by atoms with Crippen molar-refractivity contribution in [2.24, 2.45) is 0 Å². The van der Waals surface area contributed by atoms with Crippen LogP contribution < -0.4 is 4.90 Å². The normalized spacial score (nSPS) is 16.4. The van der Waals surface area contributed by atoms with Crippen LogP contribution in [0.1, 0.15) is 23.7 Å². The van der Waals surface area contributed by atoms with Crippen molar-refractivity contribution in [1.82, 2.24) is 20.3 Å². The third-order valence-corrected chi connectivity index (χ3v) is 5.20. The summed E-state index contributed by atoms with van der Waals surface area (Å²) in [7, 11) is 0. The first-order valence-corrected chi connectivity index (χ1v) is 9.60. The molecule has 4 aromatic rings. The number of rotatable bonds is 4. The largest absolute Gasteiger partial charge is 0.332 e. The molecule has 0 saturated carbocycles. The maximum atomic E-state index is 14.3. The molecule has 1 atom stereocenters. The third kappa shape index (κ3) is 3.26. The van der Waals surface area contributed by atoms with E-state index in [0.29, 0.717) is 24.0 Å². The molecular weight excluding hydrogens is 385 g/mol. The summed E-state index contributed by atoms with van der Waals surface area (Å²) < 4.78 is 19.7. The molecule has 1 unspecified atom stereocenters. The number of H-pyrrole nitrogens is 1. The zero-order chi connectivity index (χ0) is 20.7. The molecule has 30 heavy (non-hydrogen) atoms. The van der Waals surface area contributed by atoms with Crippen molar-refractivity contribution in [3.05, 3.63) is 71.8 Å². The van der Waals surface area contributed by atoms with E-state index >= 15 is 0 Å². The van der Waals surface area contributed by atoms with Crippen LogP contribution in [0.2, 0.25) is 0 Å². The lowest BCUT2D eigenvalue weighted by atomic mass is 10.1. The molecule has 1 fully saturated rings. The minimum Gasteiger partial charge on any atom is -0.332 e. The number of carbonyl (C=O) groups excluding carboxylic acids is 1. The van der Waals surface area contributed by atoms with Crippen LogP contribution in [0.25, 0.3) is 22.8 Å². The number of anilines is 1. The van der Waals surface area contributed by atoms with Gasteiger partial charge in [0, 0.05) is 24.4 Å². The highest BCUT2D eigenvalue weighted by molar-refractivity contribution is 5.96. The summed E-state index contributed by atoms with van der Waals surface area (Å²) in [5, 5.41) is 11.2. The molecule has 2 aromatic carbocycles. The Hall–Kier alpha value is -3.81. The maximum Gasteiger partial charge on any atom is 0.275 e. The number of hydrogen-bond donors (Lipinski definition) is 1. The summed E-state index contributed by atoms with van der Waals surface area (Å²) in [4.78, 5) is 18.4. The summed E-state index contributed by atoms with van der Waals surface area (Å²) in [6, 6.07) is 16.4. The van der Waals surface area contributed by atoms with E-state index in [1.807, 2.05) is 36.4 Å². The molecule has 0 spiro atoms. The van der Waals surface area contributed by atoms with E-state index in [1.165, 1.54) is 11.0 Å². The zero-order valence-electron chi connectivity index (χ0n) is 16.2. The van der Waals surface area contributed by atoms with Gasteiger partial charge in [-0.3, -0.25) is 9.89 Å². The van der Waals surface area contributed by atoms with Gasteiger partial charge in [0.15, 0.2) is 5.82 Å². The van der Waals surface area contributed by atoms with E-state index in [1.54, 1.807) is 19.1 Å². The molecule has 7 nitrogen and oxygen atoms in total. The lowest BCUT2D eigenvalue weighted by molar-refractivity contribution is -0.117. The standard InChI is InChI=1S/C22H18FN5O2/c1-13-7-8-19(16(23)9-13)28-12-15(10-20(28)29)21-24-22(30-27-21)18-11-17(25-26-18)14-5-3-2-4-6-14/h2-9,11,15H,10,12H2,1H3,(H,25,26). The second-order valence-corrected chi connectivity index (χ2v) is 7.35. The second kappa shape index (κ2) is 7.22. The molecule has 150 valence electrons. The molecule has 2 aromatic heterocycles. The average Bonchev–Trinajstić information content (AvgIpc) is 3.48. The maximum absolute atomic E-state index is 14.3. The van der Waals surface area contributed by atoms with Gasteiger partial charge in [0.2, 0.25) is 5.91 Å². The van der Waals surface area contributed by atoms with Crippen molar-refractivity contribution < 1.29 is 13.7 Å². The number of aromatic amines is 1. The van der Waals surface area contributed by atoms with Gasteiger partial charge in [-0.15, -0.1) is 0 Å². The Labute approximate surface area is 171 Å². The van der Waals surface area contributed by atoms with E-state index in [0.717, 1.165) is 16.8 Å². The number of aromatic nitrogens is 4. The highest BCUT2D eigenvalue weighted by atomic mass is 19.1. The van der Waals surface area contributed by atoms with Crippen molar-refractivity contribution >= 4 is 11.6 Å². The summed E-state index contributed by atoms with van der Waals surface area (Å²) in [5.41, 5.74) is 3.41. The van der Waals surface area contributed by atoms with Gasteiger partial charge >= 0.3 is 0 Å². The molecule has 0 aliphatic carbocycles. The van der Waals surface area contributed by atoms with Crippen LogP contribution in [0, 0.1) is 12.7 Å². The molecule has 0 radical (unpaired) electrons. The van der Waals surface area contributed by atoms with Crippen LogP contribution in [0.4, 0.5) is 10.1 Å². The van der Waals surface area contributed by atoms with Crippen LogP contribution >= 0.6 is 0 Å². The van der Waals surface area contributed by atoms with E-state index in [4.69, 9.17) is 4.52 Å². The van der Waals surface area contributed by atoms with Crippen molar-refractivity contribution in [2.75, 3.05) is 11.4 Å². The highest BCUT2D eigenvalue weighted by Crippen LogP contribution is 2.33. The van der Waals surface area contributed by atoms with E-state index in [-0.39, 0.29) is 23.9 Å². The van der Waals surface area contributed by atoms with Gasteiger partial charge in [-0.05, 0) is 30.7 Å². The van der Waals surface area contributed by atoms with E-state index in [2.05, 4.69) is 20.3 Å². The van der Waals surface area contributed by atoms with E-state index in [9.17, 15) is 9.18 Å². The van der Waals surface area contributed by atoms with Crippen molar-refractivity contribution in [1.29, 1.82) is 0 Å². The van der Waals surface area contributed by atoms with Crippen LogP contribution in [0.3, 0.4) is 0 Å². The number of hydrogen-bond acceptors (Lipinski definition) is 5. The number of benzene rings is 2. The van der Waals surface area contributed by atoms with Gasteiger partial charge in [0.25, 0.3) is 5.89 Å². The number of amides is 1. The number of nitrogens with one attached hydrogen (secondary N) is 1. The fraction of sp³-hybridized carbons (Fsp3) is 0.182. The fourth-order valence-electron chi connectivity index (χ4n) is 3.64. The highest BCUT2D eigenvalue weighted by Gasteiger charge is 2.35. The van der Waals surface area contributed by atoms with Gasteiger partial charge < -0.3 is 9.42 Å². The third-order valence-electron chi connectivity index (χ3n) is 5.20. The molecule has 1 amide bonds. The average molecular weight is 403 g/mol. The second-order valence-electron chi connectivity index (χ2n) is 7.35. The van der Waals surface area contributed by atoms with Crippen LogP contribution in [0.15, 0.2) is 59.1 Å². The molecule has 1 N–H and O–H groups in total. The van der Waals surface area contributed by atoms with Crippen LogP contribution in [-0.4, -0.2) is 32.8 Å². The van der Waals surface area contributed by atoms with Crippen molar-refractivity contribution in [2.45, 2.75) is 19.3 Å². The fourth-order valence-corrected chi connectivity index (χ4v) is 3.64. The lowest BCUT2D eigenvalue weighted by Gasteiger charge is -2.17. The summed E-state index contributed by atoms with van der Waals surface area (Å²) in [5.74, 6) is -0.130. The molecule has 1 aliphatic heterocycles. The zero-order valence-corrected chi connectivity index (χ0v) is 16.2. The summed E-state index contributed by atoms with van der Waals surface area (Å²) >= 11 is 0. The Morgan fingerprint density at radius 2 is 2.00 bits per heavy atom. The molecule has 1 saturated heterocycles. The monoisotopic (exact) mass is 403 g/mol. The minimum atomic E-state index is -0.413. The van der Waals surface area contributed by atoms with Gasteiger partial charge in [-0.2, -0.15) is 10.1 Å². The Kier molecular flexibility index (Phi) is 4.39. The number of halogens is 1. The first-order chi connectivity index (χ1) is 14.6.